The predicted octanol–water partition coefficient (Wildman–Crippen LogP) is 4.28. The summed E-state index contributed by atoms with van der Waals surface area (Å²) >= 11 is 1.50. The first kappa shape index (κ1) is 21.3. The zero-order valence-electron chi connectivity index (χ0n) is 18.9. The lowest BCUT2D eigenvalue weighted by molar-refractivity contribution is 0.0751. The standard InChI is InChI=1S/C25H26N4O3S/c1-27-25-19(23(26-27)17-9-10-20(31-2)21(15-17)32-3)16-22(33-25)24(30)29-13-11-28(12-14-29)18-7-5-4-6-8-18/h4-10,15-16H,11-14H2,1-3H3. The lowest BCUT2D eigenvalue weighted by atomic mass is 10.1. The molecule has 2 aromatic heterocycles. The molecule has 1 aliphatic rings. The summed E-state index contributed by atoms with van der Waals surface area (Å²) in [6, 6.07) is 18.1. The fourth-order valence-electron chi connectivity index (χ4n) is 4.31. The van der Waals surface area contributed by atoms with Gasteiger partial charge in [0, 0.05) is 49.9 Å². The zero-order valence-corrected chi connectivity index (χ0v) is 19.8. The third kappa shape index (κ3) is 3.91. The maximum absolute atomic E-state index is 13.3. The first-order chi connectivity index (χ1) is 16.1. The lowest BCUT2D eigenvalue weighted by Gasteiger charge is -2.35. The average Bonchev–Trinajstić information content (AvgIpc) is 3.44. The summed E-state index contributed by atoms with van der Waals surface area (Å²) in [6.45, 7) is 3.09. The number of rotatable bonds is 5. The highest BCUT2D eigenvalue weighted by atomic mass is 32.1. The molecule has 33 heavy (non-hydrogen) atoms. The minimum absolute atomic E-state index is 0.0853. The molecule has 5 rings (SSSR count). The molecule has 170 valence electrons. The van der Waals surface area contributed by atoms with Gasteiger partial charge in [-0.2, -0.15) is 5.10 Å². The van der Waals surface area contributed by atoms with Crippen molar-refractivity contribution >= 4 is 33.1 Å². The third-order valence-electron chi connectivity index (χ3n) is 6.07. The van der Waals surface area contributed by atoms with Crippen molar-refractivity contribution in [2.24, 2.45) is 7.05 Å². The van der Waals surface area contributed by atoms with Crippen molar-refractivity contribution in [2.75, 3.05) is 45.3 Å². The van der Waals surface area contributed by atoms with E-state index in [0.717, 1.165) is 39.4 Å². The maximum Gasteiger partial charge on any atom is 0.264 e. The van der Waals surface area contributed by atoms with Crippen molar-refractivity contribution in [2.45, 2.75) is 0 Å². The number of ether oxygens (including phenoxy) is 2. The number of hydrogen-bond acceptors (Lipinski definition) is 6. The van der Waals surface area contributed by atoms with Gasteiger partial charge in [0.25, 0.3) is 5.91 Å². The maximum atomic E-state index is 13.3. The van der Waals surface area contributed by atoms with E-state index < -0.39 is 0 Å². The summed E-state index contributed by atoms with van der Waals surface area (Å²) in [5, 5.41) is 5.68. The molecule has 1 fully saturated rings. The number of hydrogen-bond donors (Lipinski definition) is 0. The van der Waals surface area contributed by atoms with E-state index in [9.17, 15) is 4.79 Å². The van der Waals surface area contributed by atoms with Gasteiger partial charge in [-0.3, -0.25) is 9.48 Å². The molecule has 1 amide bonds. The first-order valence-corrected chi connectivity index (χ1v) is 11.7. The Bertz CT molecular complexity index is 1290. The van der Waals surface area contributed by atoms with Crippen molar-refractivity contribution < 1.29 is 14.3 Å². The fraction of sp³-hybridized carbons (Fsp3) is 0.280. The number of aromatic nitrogens is 2. The summed E-state index contributed by atoms with van der Waals surface area (Å²) in [7, 11) is 5.15. The molecule has 4 aromatic rings. The second kappa shape index (κ2) is 8.78. The number of anilines is 1. The Morgan fingerprint density at radius 1 is 0.939 bits per heavy atom. The van der Waals surface area contributed by atoms with Crippen LogP contribution in [0.25, 0.3) is 21.5 Å². The molecule has 0 spiro atoms. The van der Waals surface area contributed by atoms with Gasteiger partial charge in [-0.1, -0.05) is 18.2 Å². The number of para-hydroxylation sites is 1. The number of piperazine rings is 1. The molecule has 0 aliphatic carbocycles. The average molecular weight is 463 g/mol. The molecule has 2 aromatic carbocycles. The SMILES string of the molecule is COc1ccc(-c2nn(C)c3sc(C(=O)N4CCN(c5ccccc5)CC4)cc23)cc1OC. The number of thiophene rings is 1. The van der Waals surface area contributed by atoms with Gasteiger partial charge in [-0.15, -0.1) is 11.3 Å². The Kier molecular flexibility index (Phi) is 5.68. The van der Waals surface area contributed by atoms with Crippen LogP contribution in [0.2, 0.25) is 0 Å². The highest BCUT2D eigenvalue weighted by Gasteiger charge is 2.25. The van der Waals surface area contributed by atoms with Gasteiger partial charge < -0.3 is 19.3 Å². The molecule has 8 heteroatoms. The molecule has 0 atom stereocenters. The van der Waals surface area contributed by atoms with E-state index >= 15 is 0 Å². The van der Waals surface area contributed by atoms with Crippen LogP contribution in [-0.4, -0.2) is 61.0 Å². The highest BCUT2D eigenvalue weighted by molar-refractivity contribution is 7.20. The Balaban J connectivity index is 1.39. The van der Waals surface area contributed by atoms with Crippen LogP contribution in [0.1, 0.15) is 9.67 Å². The van der Waals surface area contributed by atoms with Crippen LogP contribution in [0, 0.1) is 0 Å². The number of benzene rings is 2. The van der Waals surface area contributed by atoms with Crippen LogP contribution in [0.15, 0.2) is 54.6 Å². The highest BCUT2D eigenvalue weighted by Crippen LogP contribution is 2.37. The molecule has 3 heterocycles. The molecule has 0 bridgehead atoms. The molecular formula is C25H26N4O3S. The van der Waals surface area contributed by atoms with Crippen LogP contribution < -0.4 is 14.4 Å². The van der Waals surface area contributed by atoms with Crippen molar-refractivity contribution in [3.63, 3.8) is 0 Å². The summed E-state index contributed by atoms with van der Waals surface area (Å²) in [5.41, 5.74) is 2.96. The minimum atomic E-state index is 0.0853. The van der Waals surface area contributed by atoms with E-state index in [1.165, 1.54) is 17.0 Å². The van der Waals surface area contributed by atoms with Gasteiger partial charge in [0.1, 0.15) is 10.5 Å². The lowest BCUT2D eigenvalue weighted by Crippen LogP contribution is -2.48. The van der Waals surface area contributed by atoms with Crippen LogP contribution in [0.3, 0.4) is 0 Å². The van der Waals surface area contributed by atoms with Crippen LogP contribution in [0.4, 0.5) is 5.69 Å². The summed E-state index contributed by atoms with van der Waals surface area (Å²) in [6.07, 6.45) is 0. The molecule has 0 radical (unpaired) electrons. The van der Waals surface area contributed by atoms with E-state index in [2.05, 4.69) is 17.0 Å². The van der Waals surface area contributed by atoms with Crippen molar-refractivity contribution in [1.82, 2.24) is 14.7 Å². The van der Waals surface area contributed by atoms with E-state index in [4.69, 9.17) is 14.6 Å². The van der Waals surface area contributed by atoms with Gasteiger partial charge in [-0.05, 0) is 36.4 Å². The summed E-state index contributed by atoms with van der Waals surface area (Å²) in [5.74, 6) is 1.41. The van der Waals surface area contributed by atoms with Crippen LogP contribution in [-0.2, 0) is 7.05 Å². The van der Waals surface area contributed by atoms with E-state index in [1.807, 2.05) is 59.1 Å². The number of amides is 1. The predicted molar refractivity (Wildman–Crippen MR) is 132 cm³/mol. The van der Waals surface area contributed by atoms with E-state index in [1.54, 1.807) is 14.2 Å². The van der Waals surface area contributed by atoms with Crippen LogP contribution in [0.5, 0.6) is 11.5 Å². The number of nitrogens with zero attached hydrogens (tertiary/aromatic N) is 4. The van der Waals surface area contributed by atoms with E-state index in [-0.39, 0.29) is 5.91 Å². The number of methoxy groups -OCH3 is 2. The zero-order chi connectivity index (χ0) is 22.9. The molecular weight excluding hydrogens is 436 g/mol. The Morgan fingerprint density at radius 2 is 1.67 bits per heavy atom. The summed E-state index contributed by atoms with van der Waals surface area (Å²) in [4.78, 5) is 19.3. The fourth-order valence-corrected chi connectivity index (χ4v) is 5.35. The largest absolute Gasteiger partial charge is 0.493 e. The minimum Gasteiger partial charge on any atom is -0.493 e. The Hall–Kier alpha value is -3.52. The molecule has 0 saturated carbocycles. The molecule has 0 unspecified atom stereocenters. The molecule has 1 saturated heterocycles. The number of carbonyl (C=O) groups is 1. The quantitative estimate of drug-likeness (QED) is 0.443. The molecule has 0 N–H and O–H groups in total. The van der Waals surface area contributed by atoms with Gasteiger partial charge in [0.2, 0.25) is 0 Å². The van der Waals surface area contributed by atoms with Crippen molar-refractivity contribution in [3.05, 3.63) is 59.5 Å². The normalized spacial score (nSPS) is 14.0. The topological polar surface area (TPSA) is 59.8 Å². The second-order valence-corrected chi connectivity index (χ2v) is 9.02. The first-order valence-electron chi connectivity index (χ1n) is 10.9. The number of aryl methyl sites for hydroxylation is 1. The second-order valence-electron chi connectivity index (χ2n) is 7.99. The number of fused-ring (bicyclic) bond motifs is 1. The van der Waals surface area contributed by atoms with Gasteiger partial charge >= 0.3 is 0 Å². The van der Waals surface area contributed by atoms with E-state index in [0.29, 0.717) is 24.6 Å². The van der Waals surface area contributed by atoms with Gasteiger partial charge in [0.15, 0.2) is 11.5 Å². The smallest absolute Gasteiger partial charge is 0.264 e. The van der Waals surface area contributed by atoms with Gasteiger partial charge in [-0.25, -0.2) is 0 Å². The molecule has 7 nitrogen and oxygen atoms in total. The summed E-state index contributed by atoms with van der Waals surface area (Å²) < 4.78 is 12.7. The van der Waals surface area contributed by atoms with Gasteiger partial charge in [0.05, 0.1) is 19.1 Å². The van der Waals surface area contributed by atoms with Crippen LogP contribution >= 0.6 is 11.3 Å². The Morgan fingerprint density at radius 3 is 2.36 bits per heavy atom. The van der Waals surface area contributed by atoms with Crippen molar-refractivity contribution in [3.8, 4) is 22.8 Å². The third-order valence-corrected chi connectivity index (χ3v) is 7.26. The van der Waals surface area contributed by atoms with Crippen molar-refractivity contribution in [1.29, 1.82) is 0 Å². The molecule has 1 aliphatic heterocycles. The number of carbonyl (C=O) groups excluding carboxylic acids is 1. The monoisotopic (exact) mass is 462 g/mol. The Labute approximate surface area is 196 Å².